The third-order valence-electron chi connectivity index (χ3n) is 4.66. The van der Waals surface area contributed by atoms with E-state index >= 15 is 0 Å². The highest BCUT2D eigenvalue weighted by atomic mass is 32.2. The average molecular weight is 417 g/mol. The third kappa shape index (κ3) is 4.93. The molecule has 1 aliphatic rings. The van der Waals surface area contributed by atoms with E-state index in [1.54, 1.807) is 24.3 Å². The number of carbonyl (C=O) groups is 2. The highest BCUT2D eigenvalue weighted by molar-refractivity contribution is 7.89. The van der Waals surface area contributed by atoms with Gasteiger partial charge in [0, 0.05) is 24.2 Å². The maximum Gasteiger partial charge on any atom is 0.269 e. The molecule has 29 heavy (non-hydrogen) atoms. The molecule has 1 saturated heterocycles. The molecule has 2 aromatic carbocycles. The van der Waals surface area contributed by atoms with E-state index in [1.165, 1.54) is 35.7 Å². The summed E-state index contributed by atoms with van der Waals surface area (Å²) in [6.07, 6.45) is 1.68. The Morgan fingerprint density at radius 1 is 1.03 bits per heavy atom. The lowest BCUT2D eigenvalue weighted by molar-refractivity contribution is -0.121. The standard InChI is InChI=1S/C20H23N3O5S/c1-28-18-10-3-2-7-15(18)14-19(24)21-22-20(25)16-8-6-9-17(13-16)29(26,27)23-11-4-5-12-23/h2-3,6-10,13H,4-5,11-12,14H2,1H3,(H,21,24)(H,22,25). The quantitative estimate of drug-likeness (QED) is 0.693. The van der Waals surface area contributed by atoms with Crippen LogP contribution >= 0.6 is 0 Å². The Bertz CT molecular complexity index is 1000. The highest BCUT2D eigenvalue weighted by Gasteiger charge is 2.27. The summed E-state index contributed by atoms with van der Waals surface area (Å²) in [6.45, 7) is 0.968. The number of nitrogens with zero attached hydrogens (tertiary/aromatic N) is 1. The van der Waals surface area contributed by atoms with Gasteiger partial charge in [0.05, 0.1) is 18.4 Å². The van der Waals surface area contributed by atoms with Crippen molar-refractivity contribution >= 4 is 21.8 Å². The number of benzene rings is 2. The number of hydrogen-bond donors (Lipinski definition) is 2. The van der Waals surface area contributed by atoms with Crippen molar-refractivity contribution in [2.24, 2.45) is 0 Å². The molecule has 0 radical (unpaired) electrons. The Labute approximate surface area is 169 Å². The van der Waals surface area contributed by atoms with E-state index in [9.17, 15) is 18.0 Å². The summed E-state index contributed by atoms with van der Waals surface area (Å²) in [5.41, 5.74) is 5.48. The van der Waals surface area contributed by atoms with Gasteiger partial charge in [0.15, 0.2) is 0 Å². The lowest BCUT2D eigenvalue weighted by Gasteiger charge is -2.16. The Hall–Kier alpha value is -2.91. The van der Waals surface area contributed by atoms with Gasteiger partial charge < -0.3 is 4.74 Å². The van der Waals surface area contributed by atoms with Gasteiger partial charge in [-0.2, -0.15) is 4.31 Å². The van der Waals surface area contributed by atoms with Crippen molar-refractivity contribution in [1.82, 2.24) is 15.2 Å². The molecule has 0 saturated carbocycles. The third-order valence-corrected chi connectivity index (χ3v) is 6.55. The van der Waals surface area contributed by atoms with Gasteiger partial charge in [-0.15, -0.1) is 0 Å². The van der Waals surface area contributed by atoms with E-state index in [4.69, 9.17) is 4.74 Å². The molecule has 1 heterocycles. The van der Waals surface area contributed by atoms with Gasteiger partial charge in [-0.3, -0.25) is 20.4 Å². The summed E-state index contributed by atoms with van der Waals surface area (Å²) in [6, 6.07) is 12.9. The van der Waals surface area contributed by atoms with Crippen molar-refractivity contribution in [2.75, 3.05) is 20.2 Å². The molecule has 1 fully saturated rings. The summed E-state index contributed by atoms with van der Waals surface area (Å²) in [5.74, 6) is -0.450. The van der Waals surface area contributed by atoms with Crippen LogP contribution in [0, 0.1) is 0 Å². The zero-order valence-corrected chi connectivity index (χ0v) is 16.9. The topological polar surface area (TPSA) is 105 Å². The number of hydrazine groups is 1. The highest BCUT2D eigenvalue weighted by Crippen LogP contribution is 2.21. The molecule has 0 bridgehead atoms. The molecule has 0 aromatic heterocycles. The first-order valence-electron chi connectivity index (χ1n) is 9.23. The fourth-order valence-electron chi connectivity index (χ4n) is 3.14. The molecule has 0 unspecified atom stereocenters. The fraction of sp³-hybridized carbons (Fsp3) is 0.300. The summed E-state index contributed by atoms with van der Waals surface area (Å²) >= 11 is 0. The van der Waals surface area contributed by atoms with E-state index in [2.05, 4.69) is 10.9 Å². The predicted octanol–water partition coefficient (Wildman–Crippen LogP) is 1.48. The molecule has 2 aromatic rings. The molecule has 9 heteroatoms. The zero-order chi connectivity index (χ0) is 20.9. The molecular weight excluding hydrogens is 394 g/mol. The van der Waals surface area contributed by atoms with Crippen LogP contribution < -0.4 is 15.6 Å². The van der Waals surface area contributed by atoms with Gasteiger partial charge in [-0.05, 0) is 37.1 Å². The monoisotopic (exact) mass is 417 g/mol. The van der Waals surface area contributed by atoms with Crippen LogP contribution in [0.5, 0.6) is 5.75 Å². The van der Waals surface area contributed by atoms with Crippen molar-refractivity contribution in [3.63, 3.8) is 0 Å². The van der Waals surface area contributed by atoms with Crippen LogP contribution in [0.3, 0.4) is 0 Å². The van der Waals surface area contributed by atoms with E-state index < -0.39 is 21.8 Å². The summed E-state index contributed by atoms with van der Waals surface area (Å²) in [7, 11) is -2.11. The Morgan fingerprint density at radius 2 is 1.76 bits per heavy atom. The van der Waals surface area contributed by atoms with Gasteiger partial charge in [0.25, 0.3) is 5.91 Å². The van der Waals surface area contributed by atoms with Crippen molar-refractivity contribution in [3.05, 3.63) is 59.7 Å². The van der Waals surface area contributed by atoms with E-state index in [-0.39, 0.29) is 16.9 Å². The molecule has 3 rings (SSSR count). The fourth-order valence-corrected chi connectivity index (χ4v) is 4.70. The van der Waals surface area contributed by atoms with Crippen LogP contribution in [0.15, 0.2) is 53.4 Å². The number of hydrogen-bond acceptors (Lipinski definition) is 5. The van der Waals surface area contributed by atoms with Crippen LogP contribution in [0.4, 0.5) is 0 Å². The van der Waals surface area contributed by atoms with Crippen molar-refractivity contribution in [3.8, 4) is 5.75 Å². The number of ether oxygens (including phenoxy) is 1. The first-order chi connectivity index (χ1) is 13.9. The minimum atomic E-state index is -3.62. The van der Waals surface area contributed by atoms with E-state index in [1.807, 2.05) is 0 Å². The summed E-state index contributed by atoms with van der Waals surface area (Å²) in [4.78, 5) is 24.6. The second-order valence-electron chi connectivity index (χ2n) is 6.63. The maximum absolute atomic E-state index is 12.7. The first-order valence-corrected chi connectivity index (χ1v) is 10.7. The minimum Gasteiger partial charge on any atom is -0.496 e. The molecule has 8 nitrogen and oxygen atoms in total. The molecule has 0 aliphatic carbocycles. The molecule has 1 aliphatic heterocycles. The molecule has 2 N–H and O–H groups in total. The summed E-state index contributed by atoms with van der Waals surface area (Å²) in [5, 5.41) is 0. The number of para-hydroxylation sites is 1. The maximum atomic E-state index is 12.7. The lowest BCUT2D eigenvalue weighted by atomic mass is 10.1. The number of methoxy groups -OCH3 is 1. The van der Waals surface area contributed by atoms with Gasteiger partial charge >= 0.3 is 0 Å². The lowest BCUT2D eigenvalue weighted by Crippen LogP contribution is -2.42. The SMILES string of the molecule is COc1ccccc1CC(=O)NNC(=O)c1cccc(S(=O)(=O)N2CCCC2)c1. The summed E-state index contributed by atoms with van der Waals surface area (Å²) < 4.78 is 31.9. The van der Waals surface area contributed by atoms with Crippen molar-refractivity contribution in [1.29, 1.82) is 0 Å². The van der Waals surface area contributed by atoms with Gasteiger partial charge in [-0.1, -0.05) is 24.3 Å². The molecule has 154 valence electrons. The Balaban J connectivity index is 1.63. The predicted molar refractivity (Wildman–Crippen MR) is 107 cm³/mol. The van der Waals surface area contributed by atoms with Gasteiger partial charge in [0.1, 0.15) is 5.75 Å². The minimum absolute atomic E-state index is 0.0215. The Kier molecular flexibility index (Phi) is 6.50. The van der Waals surface area contributed by atoms with Gasteiger partial charge in [0.2, 0.25) is 15.9 Å². The van der Waals surface area contributed by atoms with Crippen molar-refractivity contribution < 1.29 is 22.7 Å². The van der Waals surface area contributed by atoms with Crippen LogP contribution in [0.2, 0.25) is 0 Å². The largest absolute Gasteiger partial charge is 0.496 e. The number of amides is 2. The van der Waals surface area contributed by atoms with E-state index in [0.29, 0.717) is 24.4 Å². The smallest absolute Gasteiger partial charge is 0.269 e. The second-order valence-corrected chi connectivity index (χ2v) is 8.57. The Morgan fingerprint density at radius 3 is 2.48 bits per heavy atom. The van der Waals surface area contributed by atoms with Crippen LogP contribution in [0.25, 0.3) is 0 Å². The number of sulfonamides is 1. The van der Waals surface area contributed by atoms with E-state index in [0.717, 1.165) is 12.8 Å². The first kappa shape index (κ1) is 20.8. The van der Waals surface area contributed by atoms with Gasteiger partial charge in [-0.25, -0.2) is 8.42 Å². The normalized spacial score (nSPS) is 14.4. The number of carbonyl (C=O) groups excluding carboxylic acids is 2. The molecule has 0 spiro atoms. The van der Waals surface area contributed by atoms with Crippen LogP contribution in [0.1, 0.15) is 28.8 Å². The zero-order valence-electron chi connectivity index (χ0n) is 16.1. The molecule has 0 atom stereocenters. The second kappa shape index (κ2) is 9.06. The van der Waals surface area contributed by atoms with Crippen LogP contribution in [-0.2, 0) is 21.2 Å². The molecule has 2 amide bonds. The number of nitrogens with one attached hydrogen (secondary N) is 2. The average Bonchev–Trinajstić information content (AvgIpc) is 3.28. The molecular formula is C20H23N3O5S. The van der Waals surface area contributed by atoms with Crippen molar-refractivity contribution in [2.45, 2.75) is 24.2 Å². The number of rotatable bonds is 6. The van der Waals surface area contributed by atoms with Crippen LogP contribution in [-0.4, -0.2) is 44.7 Å².